The second-order valence-electron chi connectivity index (χ2n) is 4.89. The molecule has 0 aromatic carbocycles. The van der Waals surface area contributed by atoms with Crippen LogP contribution in [0.15, 0.2) is 12.4 Å². The van der Waals surface area contributed by atoms with E-state index in [1.54, 1.807) is 0 Å². The first kappa shape index (κ1) is 12.7. The van der Waals surface area contributed by atoms with Crippen LogP contribution in [0.5, 0.6) is 0 Å². The third kappa shape index (κ3) is 3.15. The van der Waals surface area contributed by atoms with E-state index >= 15 is 0 Å². The maximum absolute atomic E-state index is 10.5. The van der Waals surface area contributed by atoms with Crippen molar-refractivity contribution in [2.45, 2.75) is 45.1 Å². The summed E-state index contributed by atoms with van der Waals surface area (Å²) in [4.78, 5) is 18.0. The lowest BCUT2D eigenvalue weighted by Gasteiger charge is -2.22. The van der Waals surface area contributed by atoms with Gasteiger partial charge in [-0.3, -0.25) is 10.1 Å². The lowest BCUT2D eigenvalue weighted by atomic mass is 9.97. The molecular formula is C12H18N4O2. The fourth-order valence-electron chi connectivity index (χ4n) is 2.36. The average molecular weight is 250 g/mol. The first-order valence-electron chi connectivity index (χ1n) is 6.40. The Kier molecular flexibility index (Phi) is 4.07. The Balaban J connectivity index is 2.01. The van der Waals surface area contributed by atoms with Crippen LogP contribution < -0.4 is 5.32 Å². The number of aromatic nitrogens is 2. The summed E-state index contributed by atoms with van der Waals surface area (Å²) in [6.45, 7) is 2.23. The van der Waals surface area contributed by atoms with Crippen LogP contribution in [0.4, 0.5) is 11.6 Å². The SMILES string of the molecule is CC1CCCCCC1Nc1ncc([N+](=O)[O-])cn1. The number of nitrogens with zero attached hydrogens (tertiary/aromatic N) is 3. The van der Waals surface area contributed by atoms with Crippen LogP contribution in [0.25, 0.3) is 0 Å². The molecule has 1 aliphatic carbocycles. The van der Waals surface area contributed by atoms with Crippen molar-refractivity contribution >= 4 is 11.6 Å². The average Bonchev–Trinajstić information content (AvgIpc) is 2.56. The van der Waals surface area contributed by atoms with Gasteiger partial charge in [0.1, 0.15) is 12.4 Å². The quantitative estimate of drug-likeness (QED) is 0.506. The Morgan fingerprint density at radius 2 is 1.94 bits per heavy atom. The Bertz CT molecular complexity index is 407. The lowest BCUT2D eigenvalue weighted by molar-refractivity contribution is -0.385. The van der Waals surface area contributed by atoms with Gasteiger partial charge in [-0.25, -0.2) is 9.97 Å². The largest absolute Gasteiger partial charge is 0.351 e. The van der Waals surface area contributed by atoms with Crippen molar-refractivity contribution in [3.8, 4) is 0 Å². The van der Waals surface area contributed by atoms with Gasteiger partial charge in [0.2, 0.25) is 5.95 Å². The Hall–Kier alpha value is -1.72. The Morgan fingerprint density at radius 1 is 1.28 bits per heavy atom. The zero-order valence-corrected chi connectivity index (χ0v) is 10.5. The van der Waals surface area contributed by atoms with E-state index in [0.29, 0.717) is 17.9 Å². The van der Waals surface area contributed by atoms with E-state index in [4.69, 9.17) is 0 Å². The van der Waals surface area contributed by atoms with Crippen molar-refractivity contribution in [1.82, 2.24) is 9.97 Å². The van der Waals surface area contributed by atoms with Gasteiger partial charge in [-0.05, 0) is 18.8 Å². The van der Waals surface area contributed by atoms with Crippen molar-refractivity contribution < 1.29 is 4.92 Å². The molecule has 1 aliphatic rings. The van der Waals surface area contributed by atoms with Crippen LogP contribution in [-0.4, -0.2) is 20.9 Å². The van der Waals surface area contributed by atoms with Crippen molar-refractivity contribution in [2.75, 3.05) is 5.32 Å². The summed E-state index contributed by atoms with van der Waals surface area (Å²) >= 11 is 0. The van der Waals surface area contributed by atoms with Gasteiger partial charge in [-0.2, -0.15) is 0 Å². The summed E-state index contributed by atoms with van der Waals surface area (Å²) in [7, 11) is 0. The second-order valence-corrected chi connectivity index (χ2v) is 4.89. The minimum atomic E-state index is -0.488. The fourth-order valence-corrected chi connectivity index (χ4v) is 2.36. The minimum absolute atomic E-state index is 0.0746. The van der Waals surface area contributed by atoms with Gasteiger partial charge < -0.3 is 5.32 Å². The van der Waals surface area contributed by atoms with E-state index < -0.39 is 4.92 Å². The van der Waals surface area contributed by atoms with E-state index in [1.807, 2.05) is 0 Å². The Morgan fingerprint density at radius 3 is 2.61 bits per heavy atom. The predicted molar refractivity (Wildman–Crippen MR) is 68.3 cm³/mol. The number of rotatable bonds is 3. The molecule has 2 atom stereocenters. The zero-order chi connectivity index (χ0) is 13.0. The highest BCUT2D eigenvalue weighted by molar-refractivity contribution is 5.31. The van der Waals surface area contributed by atoms with Crippen molar-refractivity contribution in [2.24, 2.45) is 5.92 Å². The van der Waals surface area contributed by atoms with E-state index in [2.05, 4.69) is 22.2 Å². The molecule has 0 aliphatic heterocycles. The molecule has 6 nitrogen and oxygen atoms in total. The van der Waals surface area contributed by atoms with Crippen LogP contribution in [0.1, 0.15) is 39.0 Å². The first-order chi connectivity index (χ1) is 8.66. The van der Waals surface area contributed by atoms with Gasteiger partial charge in [0.15, 0.2) is 0 Å². The standard InChI is InChI=1S/C12H18N4O2/c1-9-5-3-2-4-6-11(9)15-12-13-7-10(8-14-12)16(17)18/h7-9,11H,2-6H2,1H3,(H,13,14,15). The van der Waals surface area contributed by atoms with E-state index in [0.717, 1.165) is 6.42 Å². The molecule has 0 bridgehead atoms. The molecule has 0 radical (unpaired) electrons. The fraction of sp³-hybridized carbons (Fsp3) is 0.667. The molecule has 1 aromatic heterocycles. The highest BCUT2D eigenvalue weighted by atomic mass is 16.6. The maximum Gasteiger partial charge on any atom is 0.305 e. The normalized spacial score (nSPS) is 24.3. The third-order valence-electron chi connectivity index (χ3n) is 3.53. The van der Waals surface area contributed by atoms with Crippen LogP contribution in [0.2, 0.25) is 0 Å². The first-order valence-corrected chi connectivity index (χ1v) is 6.40. The summed E-state index contributed by atoms with van der Waals surface area (Å²) < 4.78 is 0. The highest BCUT2D eigenvalue weighted by Crippen LogP contribution is 2.25. The van der Waals surface area contributed by atoms with Crippen LogP contribution in [0.3, 0.4) is 0 Å². The number of hydrogen-bond donors (Lipinski definition) is 1. The predicted octanol–water partition coefficient (Wildman–Crippen LogP) is 2.77. The van der Waals surface area contributed by atoms with E-state index in [9.17, 15) is 10.1 Å². The topological polar surface area (TPSA) is 81.0 Å². The summed E-state index contributed by atoms with van der Waals surface area (Å²) in [6, 6.07) is 0.369. The molecule has 6 heteroatoms. The molecule has 2 unspecified atom stereocenters. The van der Waals surface area contributed by atoms with Gasteiger partial charge in [0.25, 0.3) is 0 Å². The van der Waals surface area contributed by atoms with E-state index in [1.165, 1.54) is 38.1 Å². The number of hydrogen-bond acceptors (Lipinski definition) is 5. The molecule has 1 saturated carbocycles. The molecule has 2 rings (SSSR count). The molecule has 0 amide bonds. The van der Waals surface area contributed by atoms with Gasteiger partial charge in [-0.1, -0.05) is 26.2 Å². The van der Waals surface area contributed by atoms with Crippen LogP contribution >= 0.6 is 0 Å². The summed E-state index contributed by atoms with van der Waals surface area (Å²) in [6.07, 6.45) is 8.60. The lowest BCUT2D eigenvalue weighted by Crippen LogP contribution is -2.27. The molecule has 18 heavy (non-hydrogen) atoms. The molecule has 0 saturated heterocycles. The molecule has 98 valence electrons. The third-order valence-corrected chi connectivity index (χ3v) is 3.53. The van der Waals surface area contributed by atoms with Crippen molar-refractivity contribution in [1.29, 1.82) is 0 Å². The number of anilines is 1. The van der Waals surface area contributed by atoms with Crippen molar-refractivity contribution in [3.05, 3.63) is 22.5 Å². The molecule has 1 heterocycles. The van der Waals surface area contributed by atoms with E-state index in [-0.39, 0.29) is 5.69 Å². The zero-order valence-electron chi connectivity index (χ0n) is 10.5. The molecule has 1 aromatic rings. The second kappa shape index (κ2) is 5.75. The van der Waals surface area contributed by atoms with Gasteiger partial charge >= 0.3 is 5.69 Å². The summed E-state index contributed by atoms with van der Waals surface area (Å²) in [5, 5.41) is 13.8. The minimum Gasteiger partial charge on any atom is -0.351 e. The van der Waals surface area contributed by atoms with Gasteiger partial charge in [-0.15, -0.1) is 0 Å². The monoisotopic (exact) mass is 250 g/mol. The summed E-state index contributed by atoms with van der Waals surface area (Å²) in [5.41, 5.74) is -0.0746. The molecule has 1 N–H and O–H groups in total. The molecular weight excluding hydrogens is 232 g/mol. The van der Waals surface area contributed by atoms with Crippen molar-refractivity contribution in [3.63, 3.8) is 0 Å². The Labute approximate surface area is 106 Å². The maximum atomic E-state index is 10.5. The molecule has 0 spiro atoms. The van der Waals surface area contributed by atoms with Gasteiger partial charge in [0, 0.05) is 6.04 Å². The van der Waals surface area contributed by atoms with Crippen LogP contribution in [0, 0.1) is 16.0 Å². The molecule has 1 fully saturated rings. The number of nitro groups is 1. The smallest absolute Gasteiger partial charge is 0.305 e. The highest BCUT2D eigenvalue weighted by Gasteiger charge is 2.20. The van der Waals surface area contributed by atoms with Gasteiger partial charge in [0.05, 0.1) is 4.92 Å². The number of nitrogens with one attached hydrogen (secondary N) is 1. The summed E-state index contributed by atoms with van der Waals surface area (Å²) in [5.74, 6) is 1.07. The van der Waals surface area contributed by atoms with Crippen LogP contribution in [-0.2, 0) is 0 Å².